The summed E-state index contributed by atoms with van der Waals surface area (Å²) in [6.45, 7) is 5.40. The average Bonchev–Trinajstić information content (AvgIpc) is 2.70. The Morgan fingerprint density at radius 2 is 2.25 bits per heavy atom. The number of carbonyl (C=O) groups excluding carboxylic acids is 2. The summed E-state index contributed by atoms with van der Waals surface area (Å²) >= 11 is 0. The van der Waals surface area contributed by atoms with Crippen molar-refractivity contribution in [3.63, 3.8) is 0 Å². The summed E-state index contributed by atoms with van der Waals surface area (Å²) in [6, 6.07) is 9.53. The van der Waals surface area contributed by atoms with Crippen molar-refractivity contribution < 1.29 is 19.1 Å². The van der Waals surface area contributed by atoms with Gasteiger partial charge in [0, 0.05) is 37.5 Å². The fourth-order valence-electron chi connectivity index (χ4n) is 3.79. The fourth-order valence-corrected chi connectivity index (χ4v) is 3.79. The topological polar surface area (TPSA) is 82.9 Å². The van der Waals surface area contributed by atoms with E-state index >= 15 is 0 Å². The molecule has 7 nitrogen and oxygen atoms in total. The molecule has 7 heteroatoms. The maximum Gasteiger partial charge on any atom is 0.410 e. The standard InChI is InChI=1S/C21H25N3O4/c1-2-3-13-27-21(26)24-12-9-19(25)23(11-6-10-22)14-16-15-28-18-8-5-4-7-17(18)20(16)24/h2,4-5,7-8,16,20H,1,3,6,9,11-15H2/t16-,20-/m0/s1. The minimum absolute atomic E-state index is 0.0588. The predicted molar refractivity (Wildman–Crippen MR) is 102 cm³/mol. The molecule has 0 aromatic heterocycles. The molecule has 28 heavy (non-hydrogen) atoms. The van der Waals surface area contributed by atoms with Crippen LogP contribution in [0.5, 0.6) is 5.75 Å². The van der Waals surface area contributed by atoms with Crippen molar-refractivity contribution in [1.82, 2.24) is 9.80 Å². The number of nitriles is 1. The summed E-state index contributed by atoms with van der Waals surface area (Å²) in [6.07, 6.45) is 2.34. The van der Waals surface area contributed by atoms with Crippen LogP contribution in [0.2, 0.25) is 0 Å². The highest BCUT2D eigenvalue weighted by atomic mass is 16.6. The number of hydrogen-bond acceptors (Lipinski definition) is 5. The van der Waals surface area contributed by atoms with Crippen molar-refractivity contribution >= 4 is 12.0 Å². The van der Waals surface area contributed by atoms with E-state index in [9.17, 15) is 9.59 Å². The first-order valence-corrected chi connectivity index (χ1v) is 9.56. The van der Waals surface area contributed by atoms with Crippen molar-refractivity contribution in [3.05, 3.63) is 42.5 Å². The monoisotopic (exact) mass is 383 g/mol. The summed E-state index contributed by atoms with van der Waals surface area (Å²) < 4.78 is 11.3. The number of para-hydroxylation sites is 1. The highest BCUT2D eigenvalue weighted by Crippen LogP contribution is 2.41. The number of amides is 2. The summed E-state index contributed by atoms with van der Waals surface area (Å²) in [5.41, 5.74) is 0.925. The predicted octanol–water partition coefficient (Wildman–Crippen LogP) is 2.90. The van der Waals surface area contributed by atoms with Gasteiger partial charge in [-0.2, -0.15) is 5.26 Å². The number of hydrogen-bond donors (Lipinski definition) is 0. The third-order valence-electron chi connectivity index (χ3n) is 5.12. The van der Waals surface area contributed by atoms with Gasteiger partial charge in [0.1, 0.15) is 5.75 Å². The zero-order valence-electron chi connectivity index (χ0n) is 15.9. The molecule has 0 unspecified atom stereocenters. The van der Waals surface area contributed by atoms with E-state index in [4.69, 9.17) is 14.7 Å². The Labute approximate surface area is 165 Å². The SMILES string of the molecule is C=CCCOC(=O)N1CCC(=O)N(CCC#N)C[C@H]2COc3ccccc3[C@H]21. The van der Waals surface area contributed by atoms with Gasteiger partial charge in [-0.05, 0) is 12.5 Å². The fraction of sp³-hybridized carbons (Fsp3) is 0.476. The van der Waals surface area contributed by atoms with Crippen molar-refractivity contribution in [1.29, 1.82) is 5.26 Å². The molecular weight excluding hydrogens is 358 g/mol. The van der Waals surface area contributed by atoms with E-state index in [1.807, 2.05) is 24.3 Å². The third kappa shape index (κ3) is 4.28. The molecule has 2 aliphatic rings. The molecule has 1 aromatic rings. The first-order valence-electron chi connectivity index (χ1n) is 9.56. The Bertz CT molecular complexity index is 773. The van der Waals surface area contributed by atoms with Gasteiger partial charge in [0.15, 0.2) is 0 Å². The van der Waals surface area contributed by atoms with Gasteiger partial charge >= 0.3 is 6.09 Å². The Kier molecular flexibility index (Phi) is 6.53. The molecule has 0 radical (unpaired) electrons. The number of carbonyl (C=O) groups is 2. The quantitative estimate of drug-likeness (QED) is 0.577. The van der Waals surface area contributed by atoms with Gasteiger partial charge in [-0.25, -0.2) is 4.79 Å². The largest absolute Gasteiger partial charge is 0.493 e. The van der Waals surface area contributed by atoms with Crippen molar-refractivity contribution in [2.24, 2.45) is 5.92 Å². The molecule has 2 amide bonds. The summed E-state index contributed by atoms with van der Waals surface area (Å²) in [7, 11) is 0. The van der Waals surface area contributed by atoms with Crippen molar-refractivity contribution in [2.75, 3.05) is 32.8 Å². The van der Waals surface area contributed by atoms with E-state index in [1.165, 1.54) is 0 Å². The molecule has 0 N–H and O–H groups in total. The molecule has 148 valence electrons. The number of nitrogens with zero attached hydrogens (tertiary/aromatic N) is 3. The lowest BCUT2D eigenvalue weighted by atomic mass is 9.87. The van der Waals surface area contributed by atoms with E-state index in [0.717, 1.165) is 11.3 Å². The van der Waals surface area contributed by atoms with Gasteiger partial charge in [-0.3, -0.25) is 4.79 Å². The van der Waals surface area contributed by atoms with E-state index in [2.05, 4.69) is 12.6 Å². The first-order chi connectivity index (χ1) is 13.7. The normalized spacial score (nSPS) is 21.3. The van der Waals surface area contributed by atoms with Gasteiger partial charge < -0.3 is 19.3 Å². The maximum atomic E-state index is 12.8. The molecule has 0 spiro atoms. The Balaban J connectivity index is 1.90. The van der Waals surface area contributed by atoms with Crippen molar-refractivity contribution in [3.8, 4) is 11.8 Å². The first kappa shape index (κ1) is 19.7. The molecule has 3 rings (SSSR count). The molecule has 1 aromatic carbocycles. The maximum absolute atomic E-state index is 12.8. The second kappa shape index (κ2) is 9.27. The summed E-state index contributed by atoms with van der Waals surface area (Å²) in [5.74, 6) is 0.601. The minimum Gasteiger partial charge on any atom is -0.493 e. The molecule has 0 saturated carbocycles. The van der Waals surface area contributed by atoms with Crippen LogP contribution in [0.25, 0.3) is 0 Å². The van der Waals surface area contributed by atoms with Gasteiger partial charge in [-0.15, -0.1) is 6.58 Å². The lowest BCUT2D eigenvalue weighted by Gasteiger charge is -2.43. The van der Waals surface area contributed by atoms with E-state index in [0.29, 0.717) is 26.1 Å². The lowest BCUT2D eigenvalue weighted by molar-refractivity contribution is -0.134. The molecule has 1 saturated heterocycles. The Morgan fingerprint density at radius 1 is 1.43 bits per heavy atom. The molecule has 0 aliphatic carbocycles. The van der Waals surface area contributed by atoms with Crippen LogP contribution in [0.15, 0.2) is 36.9 Å². The third-order valence-corrected chi connectivity index (χ3v) is 5.12. The molecule has 2 aliphatic heterocycles. The second-order valence-corrected chi connectivity index (χ2v) is 6.94. The smallest absolute Gasteiger partial charge is 0.410 e. The minimum atomic E-state index is -0.424. The molecule has 0 bridgehead atoms. The van der Waals surface area contributed by atoms with Crippen LogP contribution in [0.1, 0.15) is 30.9 Å². The van der Waals surface area contributed by atoms with Gasteiger partial charge in [-0.1, -0.05) is 24.3 Å². The number of ether oxygens (including phenoxy) is 2. The van der Waals surface area contributed by atoms with E-state index < -0.39 is 6.09 Å². The van der Waals surface area contributed by atoms with Gasteiger partial charge in [0.05, 0.1) is 31.7 Å². The van der Waals surface area contributed by atoms with Crippen LogP contribution in [-0.2, 0) is 9.53 Å². The summed E-state index contributed by atoms with van der Waals surface area (Å²) in [5, 5.41) is 8.90. The number of rotatable bonds is 5. The molecule has 2 atom stereocenters. The van der Waals surface area contributed by atoms with Crippen LogP contribution in [0, 0.1) is 17.2 Å². The van der Waals surface area contributed by atoms with Gasteiger partial charge in [0.2, 0.25) is 5.91 Å². The highest BCUT2D eigenvalue weighted by molar-refractivity contribution is 5.78. The van der Waals surface area contributed by atoms with Gasteiger partial charge in [0.25, 0.3) is 0 Å². The lowest BCUT2D eigenvalue weighted by Crippen LogP contribution is -2.51. The van der Waals surface area contributed by atoms with Crippen LogP contribution in [0.4, 0.5) is 4.79 Å². The molecular formula is C21H25N3O4. The van der Waals surface area contributed by atoms with Crippen LogP contribution in [0.3, 0.4) is 0 Å². The number of benzene rings is 1. The Morgan fingerprint density at radius 3 is 3.04 bits per heavy atom. The number of fused-ring (bicyclic) bond motifs is 3. The zero-order valence-corrected chi connectivity index (χ0v) is 15.9. The Hall–Kier alpha value is -3.01. The molecule has 1 fully saturated rings. The average molecular weight is 383 g/mol. The van der Waals surface area contributed by atoms with Crippen LogP contribution < -0.4 is 4.74 Å². The second-order valence-electron chi connectivity index (χ2n) is 6.94. The van der Waals surface area contributed by atoms with E-state index in [1.54, 1.807) is 15.9 Å². The van der Waals surface area contributed by atoms with Crippen molar-refractivity contribution in [2.45, 2.75) is 25.3 Å². The van der Waals surface area contributed by atoms with Crippen LogP contribution >= 0.6 is 0 Å². The zero-order chi connectivity index (χ0) is 19.9. The van der Waals surface area contributed by atoms with E-state index in [-0.39, 0.29) is 43.9 Å². The molecule has 2 heterocycles. The highest BCUT2D eigenvalue weighted by Gasteiger charge is 2.41. The summed E-state index contributed by atoms with van der Waals surface area (Å²) in [4.78, 5) is 28.8. The van der Waals surface area contributed by atoms with Crippen LogP contribution in [-0.4, -0.2) is 54.6 Å².